The van der Waals surface area contributed by atoms with E-state index in [1.807, 2.05) is 11.3 Å². The molecule has 0 N–H and O–H groups in total. The van der Waals surface area contributed by atoms with Crippen LogP contribution in [0.5, 0.6) is 0 Å². The summed E-state index contributed by atoms with van der Waals surface area (Å²) in [5.41, 5.74) is 24.1. The second-order valence-electron chi connectivity index (χ2n) is 20.5. The Labute approximate surface area is 367 Å². The molecular formula is C58H45BN2S. The number of benzene rings is 8. The van der Waals surface area contributed by atoms with Gasteiger partial charge in [0.05, 0.1) is 11.0 Å². The van der Waals surface area contributed by atoms with E-state index in [2.05, 4.69) is 203 Å². The minimum Gasteiger partial charge on any atom is -0.376 e. The Hall–Kier alpha value is -6.36. The number of thiophene rings is 1. The van der Waals surface area contributed by atoms with Crippen molar-refractivity contribution >= 4 is 82.5 Å². The van der Waals surface area contributed by atoms with E-state index in [-0.39, 0.29) is 23.1 Å². The van der Waals surface area contributed by atoms with Gasteiger partial charge in [0, 0.05) is 64.4 Å². The van der Waals surface area contributed by atoms with Crippen LogP contribution < -0.4 is 15.7 Å². The van der Waals surface area contributed by atoms with Crippen LogP contribution in [-0.4, -0.2) is 11.4 Å². The van der Waals surface area contributed by atoms with Gasteiger partial charge >= 0.3 is 6.85 Å². The molecule has 2 aromatic heterocycles. The highest BCUT2D eigenvalue weighted by Crippen LogP contribution is 2.56. The van der Waals surface area contributed by atoms with Gasteiger partial charge in [-0.3, -0.25) is 0 Å². The SMILES string of the molecule is CC(C)(C)c1ccc(N2B3c4cc5sc6ccccc6c5cc4-n4c5cc6c(cc5c5ccc(c3c54)-c3cc4c(cc32)C(C)(C)c2ccccc2-4)-c2ccccc2C6(C)C)cc1. The van der Waals surface area contributed by atoms with Gasteiger partial charge in [0.2, 0.25) is 0 Å². The minimum atomic E-state index is -0.125. The first-order valence-corrected chi connectivity index (χ1v) is 23.1. The zero-order chi connectivity index (χ0) is 41.8. The summed E-state index contributed by atoms with van der Waals surface area (Å²) in [6, 6.07) is 56.9. The Kier molecular flexibility index (Phi) is 6.46. The summed E-state index contributed by atoms with van der Waals surface area (Å²) in [5.74, 6) is 0. The fourth-order valence-corrected chi connectivity index (χ4v) is 13.5. The first-order chi connectivity index (χ1) is 29.9. The summed E-state index contributed by atoms with van der Waals surface area (Å²) in [5, 5.41) is 5.32. The normalized spacial score (nSPS) is 15.9. The lowest BCUT2D eigenvalue weighted by Gasteiger charge is -2.42. The molecule has 0 spiro atoms. The molecule has 4 aliphatic rings. The summed E-state index contributed by atoms with van der Waals surface area (Å²) in [6.07, 6.45) is 0. The van der Waals surface area contributed by atoms with Gasteiger partial charge in [0.15, 0.2) is 0 Å². The van der Waals surface area contributed by atoms with Gasteiger partial charge in [0.1, 0.15) is 0 Å². The monoisotopic (exact) mass is 812 g/mol. The van der Waals surface area contributed by atoms with Crippen LogP contribution in [0.3, 0.4) is 0 Å². The Morgan fingerprint density at radius 3 is 1.87 bits per heavy atom. The molecule has 62 heavy (non-hydrogen) atoms. The molecule has 4 heterocycles. The minimum absolute atomic E-state index is 0.0444. The van der Waals surface area contributed by atoms with E-state index in [1.54, 1.807) is 0 Å². The lowest BCUT2D eigenvalue weighted by atomic mass is 9.44. The highest BCUT2D eigenvalue weighted by molar-refractivity contribution is 7.26. The highest BCUT2D eigenvalue weighted by atomic mass is 32.1. The van der Waals surface area contributed by atoms with Crippen LogP contribution in [0, 0.1) is 0 Å². The molecule has 0 fully saturated rings. The number of hydrogen-bond donors (Lipinski definition) is 0. The molecule has 14 rings (SSSR count). The zero-order valence-electron chi connectivity index (χ0n) is 36.2. The maximum absolute atomic E-state index is 2.72. The first-order valence-electron chi connectivity index (χ1n) is 22.3. The van der Waals surface area contributed by atoms with Crippen LogP contribution >= 0.6 is 11.3 Å². The van der Waals surface area contributed by atoms with Gasteiger partial charge in [-0.1, -0.05) is 139 Å². The largest absolute Gasteiger partial charge is 0.376 e. The molecule has 296 valence electrons. The molecule has 4 heteroatoms. The van der Waals surface area contributed by atoms with E-state index in [0.29, 0.717) is 0 Å². The highest BCUT2D eigenvalue weighted by Gasteiger charge is 2.47. The Morgan fingerprint density at radius 1 is 0.484 bits per heavy atom. The Balaban J connectivity index is 1.15. The molecule has 0 saturated heterocycles. The summed E-state index contributed by atoms with van der Waals surface area (Å²) < 4.78 is 5.36. The smallest absolute Gasteiger partial charge is 0.333 e. The fourth-order valence-electron chi connectivity index (χ4n) is 12.4. The summed E-state index contributed by atoms with van der Waals surface area (Å²) >= 11 is 1.93. The van der Waals surface area contributed by atoms with E-state index in [0.717, 1.165) is 0 Å². The fraction of sp³-hybridized carbons (Fsp3) is 0.172. The third-order valence-corrected chi connectivity index (χ3v) is 16.7. The van der Waals surface area contributed by atoms with Crippen molar-refractivity contribution in [3.63, 3.8) is 0 Å². The molecule has 8 aromatic carbocycles. The third kappa shape index (κ3) is 4.22. The van der Waals surface area contributed by atoms with Crippen LogP contribution in [-0.2, 0) is 16.2 Å². The number of nitrogens with zero attached hydrogens (tertiary/aromatic N) is 2. The Morgan fingerprint density at radius 2 is 1.15 bits per heavy atom. The lowest BCUT2D eigenvalue weighted by molar-refractivity contribution is 0.590. The summed E-state index contributed by atoms with van der Waals surface area (Å²) in [7, 11) is 0. The average molecular weight is 813 g/mol. The van der Waals surface area contributed by atoms with Crippen LogP contribution in [0.1, 0.15) is 76.3 Å². The van der Waals surface area contributed by atoms with E-state index in [4.69, 9.17) is 0 Å². The summed E-state index contributed by atoms with van der Waals surface area (Å²) in [6.45, 7) is 16.5. The van der Waals surface area contributed by atoms with Gasteiger partial charge in [-0.2, -0.15) is 0 Å². The zero-order valence-corrected chi connectivity index (χ0v) is 37.1. The quantitative estimate of drug-likeness (QED) is 0.150. The first kappa shape index (κ1) is 35.3. The van der Waals surface area contributed by atoms with Gasteiger partial charge in [-0.05, 0) is 127 Å². The van der Waals surface area contributed by atoms with Crippen molar-refractivity contribution in [2.24, 2.45) is 0 Å². The van der Waals surface area contributed by atoms with Gasteiger partial charge in [-0.15, -0.1) is 11.3 Å². The van der Waals surface area contributed by atoms with Crippen LogP contribution in [0.15, 0.2) is 146 Å². The molecule has 2 aliphatic carbocycles. The van der Waals surface area contributed by atoms with Crippen LogP contribution in [0.25, 0.3) is 81.0 Å². The number of anilines is 2. The maximum Gasteiger partial charge on any atom is 0.333 e. The molecule has 10 aromatic rings. The Bertz CT molecular complexity index is 3680. The molecule has 0 unspecified atom stereocenters. The van der Waals surface area contributed by atoms with Crippen molar-refractivity contribution in [2.75, 3.05) is 4.81 Å². The molecule has 0 bridgehead atoms. The average Bonchev–Trinajstić information content (AvgIpc) is 3.94. The lowest BCUT2D eigenvalue weighted by Crippen LogP contribution is -2.60. The van der Waals surface area contributed by atoms with Crippen molar-refractivity contribution in [1.29, 1.82) is 0 Å². The number of fused-ring (bicyclic) bond motifs is 17. The van der Waals surface area contributed by atoms with Crippen molar-refractivity contribution in [3.05, 3.63) is 173 Å². The van der Waals surface area contributed by atoms with Crippen molar-refractivity contribution in [2.45, 2.75) is 64.7 Å². The number of rotatable bonds is 1. The number of aromatic nitrogens is 1. The van der Waals surface area contributed by atoms with E-state index in [1.165, 1.54) is 131 Å². The van der Waals surface area contributed by atoms with Crippen LogP contribution in [0.4, 0.5) is 11.4 Å². The topological polar surface area (TPSA) is 8.17 Å². The van der Waals surface area contributed by atoms with Crippen molar-refractivity contribution in [1.82, 2.24) is 4.57 Å². The summed E-state index contributed by atoms with van der Waals surface area (Å²) in [4.78, 5) is 2.72. The molecule has 0 amide bonds. The van der Waals surface area contributed by atoms with E-state index in [9.17, 15) is 0 Å². The van der Waals surface area contributed by atoms with Crippen LogP contribution in [0.2, 0.25) is 0 Å². The van der Waals surface area contributed by atoms with Crippen molar-refractivity contribution < 1.29 is 0 Å². The predicted octanol–water partition coefficient (Wildman–Crippen LogP) is 14.3. The van der Waals surface area contributed by atoms with Gasteiger partial charge in [0.25, 0.3) is 0 Å². The maximum atomic E-state index is 2.72. The standard InChI is InChI=1S/C58H45BN2S/c1-56(2,3)32-20-22-33(23-21-32)61-50-30-47-39(34-14-8-12-18-45(34)58(47,6)7)26-41(50)37-24-25-38-42-27-40-35-15-9-11-17-44(35)57(4,5)46(40)29-49(42)60-51-28-43-36-16-10-13-19-52(36)62-53(43)31-48(51)59(61)54(37)55(38)60/h8-31H,1-7H3. The van der Waals surface area contributed by atoms with Crippen molar-refractivity contribution in [3.8, 4) is 39.1 Å². The molecule has 2 nitrogen and oxygen atoms in total. The third-order valence-electron chi connectivity index (χ3n) is 15.5. The second kappa shape index (κ2) is 11.4. The van der Waals surface area contributed by atoms with E-state index >= 15 is 0 Å². The molecule has 0 saturated carbocycles. The molecule has 0 radical (unpaired) electrons. The second-order valence-corrected chi connectivity index (χ2v) is 21.6. The van der Waals surface area contributed by atoms with Gasteiger partial charge in [-0.25, -0.2) is 0 Å². The van der Waals surface area contributed by atoms with E-state index < -0.39 is 0 Å². The van der Waals surface area contributed by atoms with Gasteiger partial charge < -0.3 is 9.38 Å². The molecular weight excluding hydrogens is 768 g/mol. The molecule has 2 aliphatic heterocycles. The molecule has 0 atom stereocenters. The number of hydrogen-bond acceptors (Lipinski definition) is 2. The predicted molar refractivity (Wildman–Crippen MR) is 267 cm³/mol.